The number of halogens is 3. The van der Waals surface area contributed by atoms with Crippen molar-refractivity contribution in [3.63, 3.8) is 0 Å². The van der Waals surface area contributed by atoms with Crippen LogP contribution >= 0.6 is 0 Å². The Morgan fingerprint density at radius 1 is 1.26 bits per heavy atom. The summed E-state index contributed by atoms with van der Waals surface area (Å²) in [5, 5.41) is 2.57. The fourth-order valence-electron chi connectivity index (χ4n) is 3.88. The second-order valence-corrected chi connectivity index (χ2v) is 9.39. The molecule has 218 valence electrons. The quantitative estimate of drug-likeness (QED) is 0.337. The minimum Gasteiger partial charge on any atom is -0.493 e. The standard InChI is InChI=1S/C26H35F3N2O8/c1-15(2)14-37-20-9-6-8-18(25(34)38-16(3)22(20)36-13-7-11-26(27,28)29)31-24(33)21-23(39-17(4)32)19(35-5)10-12-30-21/h7,10-12,15-16,18,20,22H,6,8-9,13-14H2,1-5H3,(H,31,33). The van der Waals surface area contributed by atoms with Crippen LogP contribution in [0.2, 0.25) is 0 Å². The Labute approximate surface area is 225 Å². The van der Waals surface area contributed by atoms with E-state index in [-0.39, 0.29) is 42.2 Å². The van der Waals surface area contributed by atoms with E-state index in [9.17, 15) is 27.6 Å². The zero-order valence-electron chi connectivity index (χ0n) is 22.6. The predicted molar refractivity (Wildman–Crippen MR) is 132 cm³/mol. The molecule has 2 rings (SSSR count). The van der Waals surface area contributed by atoms with E-state index >= 15 is 0 Å². The molecule has 1 N–H and O–H groups in total. The Bertz CT molecular complexity index is 1020. The number of allylic oxidation sites excluding steroid dienone is 1. The molecule has 10 nitrogen and oxygen atoms in total. The monoisotopic (exact) mass is 560 g/mol. The molecule has 0 bridgehead atoms. The summed E-state index contributed by atoms with van der Waals surface area (Å²) in [5.41, 5.74) is -0.263. The van der Waals surface area contributed by atoms with Crippen LogP contribution in [0.25, 0.3) is 0 Å². The molecule has 4 unspecified atom stereocenters. The number of aromatic nitrogens is 1. The maximum Gasteiger partial charge on any atom is 0.409 e. The second kappa shape index (κ2) is 14.8. The third-order valence-corrected chi connectivity index (χ3v) is 5.59. The summed E-state index contributed by atoms with van der Waals surface area (Å²) in [7, 11) is 1.33. The summed E-state index contributed by atoms with van der Waals surface area (Å²) in [4.78, 5) is 41.7. The van der Waals surface area contributed by atoms with Crippen molar-refractivity contribution < 1.29 is 51.2 Å². The number of nitrogens with one attached hydrogen (secondary N) is 1. The van der Waals surface area contributed by atoms with Crippen LogP contribution in [0, 0.1) is 5.92 Å². The van der Waals surface area contributed by atoms with Crippen molar-refractivity contribution in [2.45, 2.75) is 77.5 Å². The maximum atomic E-state index is 13.1. The lowest BCUT2D eigenvalue weighted by molar-refractivity contribution is -0.167. The lowest BCUT2D eigenvalue weighted by Crippen LogP contribution is -2.46. The average Bonchev–Trinajstić information content (AvgIpc) is 2.88. The van der Waals surface area contributed by atoms with E-state index in [4.69, 9.17) is 23.7 Å². The van der Waals surface area contributed by atoms with Crippen LogP contribution in [-0.4, -0.2) is 73.7 Å². The van der Waals surface area contributed by atoms with Gasteiger partial charge in [-0.15, -0.1) is 0 Å². The summed E-state index contributed by atoms with van der Waals surface area (Å²) in [6.07, 6.45) is -3.64. The van der Waals surface area contributed by atoms with Crippen molar-refractivity contribution in [2.75, 3.05) is 20.3 Å². The highest BCUT2D eigenvalue weighted by Gasteiger charge is 2.36. The molecular formula is C26H35F3N2O8. The minimum absolute atomic E-state index is 0.0745. The van der Waals surface area contributed by atoms with E-state index in [2.05, 4.69) is 10.3 Å². The number of nitrogens with zero attached hydrogens (tertiary/aromatic N) is 1. The molecule has 1 aromatic heterocycles. The molecule has 1 aliphatic heterocycles. The van der Waals surface area contributed by atoms with Crippen LogP contribution in [0.1, 0.15) is 57.4 Å². The van der Waals surface area contributed by atoms with E-state index < -0.39 is 48.4 Å². The molecule has 1 aliphatic rings. The Morgan fingerprint density at radius 2 is 1.97 bits per heavy atom. The molecule has 39 heavy (non-hydrogen) atoms. The summed E-state index contributed by atoms with van der Waals surface area (Å²) in [6, 6.07) is 0.319. The van der Waals surface area contributed by atoms with E-state index in [0.717, 1.165) is 13.0 Å². The number of hydrogen-bond donors (Lipinski definition) is 1. The summed E-state index contributed by atoms with van der Waals surface area (Å²) in [6.45, 7) is 6.60. The molecule has 1 aromatic rings. The van der Waals surface area contributed by atoms with Crippen LogP contribution < -0.4 is 14.8 Å². The van der Waals surface area contributed by atoms with Crippen LogP contribution in [0.4, 0.5) is 13.2 Å². The Balaban J connectivity index is 2.23. The summed E-state index contributed by atoms with van der Waals surface area (Å²) < 4.78 is 65.0. The number of amides is 1. The first-order valence-electron chi connectivity index (χ1n) is 12.5. The highest BCUT2D eigenvalue weighted by Crippen LogP contribution is 2.30. The van der Waals surface area contributed by atoms with Gasteiger partial charge in [-0.1, -0.05) is 19.9 Å². The van der Waals surface area contributed by atoms with Crippen LogP contribution in [-0.2, 0) is 23.8 Å². The van der Waals surface area contributed by atoms with Gasteiger partial charge < -0.3 is 29.0 Å². The van der Waals surface area contributed by atoms with E-state index in [0.29, 0.717) is 19.4 Å². The van der Waals surface area contributed by atoms with Crippen molar-refractivity contribution in [1.82, 2.24) is 10.3 Å². The number of carbonyl (C=O) groups is 3. The van der Waals surface area contributed by atoms with Crippen LogP contribution in [0.3, 0.4) is 0 Å². The van der Waals surface area contributed by atoms with Crippen molar-refractivity contribution in [2.24, 2.45) is 5.92 Å². The molecule has 1 saturated heterocycles. The molecule has 0 aromatic carbocycles. The SMILES string of the molecule is COc1ccnc(C(=O)NC2CCCC(OCC(C)C)C(OCC=CC(F)(F)F)C(C)OC2=O)c1OC(C)=O. The lowest BCUT2D eigenvalue weighted by Gasteiger charge is -2.31. The molecule has 1 fully saturated rings. The molecule has 2 heterocycles. The minimum atomic E-state index is -4.48. The maximum absolute atomic E-state index is 13.1. The number of carbonyl (C=O) groups excluding carboxylic acids is 3. The molecule has 0 aliphatic carbocycles. The van der Waals surface area contributed by atoms with Gasteiger partial charge in [0.15, 0.2) is 11.4 Å². The molecule has 0 spiro atoms. The highest BCUT2D eigenvalue weighted by molar-refractivity contribution is 5.98. The van der Waals surface area contributed by atoms with Gasteiger partial charge in [0.05, 0.1) is 19.8 Å². The van der Waals surface area contributed by atoms with E-state index in [1.165, 1.54) is 19.4 Å². The summed E-state index contributed by atoms with van der Waals surface area (Å²) in [5.74, 6) is -2.18. The Kier molecular flexibility index (Phi) is 12.2. The van der Waals surface area contributed by atoms with Crippen LogP contribution in [0.15, 0.2) is 24.4 Å². The number of methoxy groups -OCH3 is 1. The van der Waals surface area contributed by atoms with Crippen molar-refractivity contribution >= 4 is 17.8 Å². The fraction of sp³-hybridized carbons (Fsp3) is 0.615. The van der Waals surface area contributed by atoms with E-state index in [1.54, 1.807) is 6.92 Å². The Morgan fingerprint density at radius 3 is 2.59 bits per heavy atom. The van der Waals surface area contributed by atoms with Gasteiger partial charge in [0, 0.05) is 31.9 Å². The first kappa shape index (κ1) is 32.0. The van der Waals surface area contributed by atoms with Crippen molar-refractivity contribution in [3.8, 4) is 11.5 Å². The normalized spacial score (nSPS) is 22.5. The number of hydrogen-bond acceptors (Lipinski definition) is 9. The molecular weight excluding hydrogens is 525 g/mol. The first-order valence-corrected chi connectivity index (χ1v) is 12.5. The number of pyridine rings is 1. The topological polar surface area (TPSA) is 122 Å². The van der Waals surface area contributed by atoms with E-state index in [1.807, 2.05) is 13.8 Å². The van der Waals surface area contributed by atoms with Gasteiger partial charge in [-0.25, -0.2) is 9.78 Å². The molecule has 4 atom stereocenters. The third-order valence-electron chi connectivity index (χ3n) is 5.59. The van der Waals surface area contributed by atoms with Crippen LogP contribution in [0.5, 0.6) is 11.5 Å². The molecule has 0 saturated carbocycles. The third kappa shape index (κ3) is 10.5. The number of alkyl halides is 3. The van der Waals surface area contributed by atoms with Crippen molar-refractivity contribution in [1.29, 1.82) is 0 Å². The highest BCUT2D eigenvalue weighted by atomic mass is 19.4. The van der Waals surface area contributed by atoms with Crippen molar-refractivity contribution in [3.05, 3.63) is 30.1 Å². The fourth-order valence-corrected chi connectivity index (χ4v) is 3.88. The second-order valence-electron chi connectivity index (χ2n) is 9.39. The average molecular weight is 561 g/mol. The number of rotatable bonds is 10. The van der Waals surface area contributed by atoms with Gasteiger partial charge in [-0.2, -0.15) is 13.2 Å². The molecule has 1 amide bonds. The predicted octanol–water partition coefficient (Wildman–Crippen LogP) is 3.77. The zero-order chi connectivity index (χ0) is 29.2. The number of esters is 2. The molecule has 0 radical (unpaired) electrons. The smallest absolute Gasteiger partial charge is 0.409 e. The number of ether oxygens (including phenoxy) is 5. The van der Waals surface area contributed by atoms with Gasteiger partial charge in [0.2, 0.25) is 5.75 Å². The van der Waals surface area contributed by atoms with Gasteiger partial charge in [-0.3, -0.25) is 9.59 Å². The van der Waals surface area contributed by atoms with Gasteiger partial charge in [0.1, 0.15) is 18.2 Å². The first-order chi connectivity index (χ1) is 18.3. The summed E-state index contributed by atoms with van der Waals surface area (Å²) >= 11 is 0. The lowest BCUT2D eigenvalue weighted by atomic mass is 10.0. The largest absolute Gasteiger partial charge is 0.493 e. The van der Waals surface area contributed by atoms with Gasteiger partial charge in [-0.05, 0) is 32.1 Å². The number of cyclic esters (lactones) is 1. The van der Waals surface area contributed by atoms with Gasteiger partial charge >= 0.3 is 18.1 Å². The molecule has 13 heteroatoms. The Hall–Kier alpha value is -3.19. The van der Waals surface area contributed by atoms with Gasteiger partial charge in [0.25, 0.3) is 5.91 Å². The zero-order valence-corrected chi connectivity index (χ0v) is 22.6.